The number of hydrogen-bond donors (Lipinski definition) is 0. The van der Waals surface area contributed by atoms with Crippen molar-refractivity contribution in [3.8, 4) is 0 Å². The molecule has 0 fully saturated rings. The quantitative estimate of drug-likeness (QED) is 0.468. The lowest BCUT2D eigenvalue weighted by atomic mass is 10.0. The zero-order valence-corrected chi connectivity index (χ0v) is 18.8. The first-order chi connectivity index (χ1) is 15.2. The average Bonchev–Trinajstić information content (AvgIpc) is 3.02. The average molecular weight is 437 g/mol. The van der Waals surface area contributed by atoms with Crippen LogP contribution in [0.3, 0.4) is 0 Å². The minimum Gasteiger partial charge on any atom is -0.451 e. The van der Waals surface area contributed by atoms with Crippen LogP contribution < -0.4 is 0 Å². The molecule has 2 atom stereocenters. The highest BCUT2D eigenvalue weighted by Crippen LogP contribution is 2.27. The Bertz CT molecular complexity index is 983. The molecule has 0 saturated carbocycles. The molecule has 1 aliphatic heterocycles. The molecule has 2 unspecified atom stereocenters. The zero-order chi connectivity index (χ0) is 23.4. The Morgan fingerprint density at radius 3 is 1.97 bits per heavy atom. The maximum atomic E-state index is 13.1. The van der Waals surface area contributed by atoms with Crippen molar-refractivity contribution in [2.75, 3.05) is 7.05 Å². The Kier molecular flexibility index (Phi) is 7.08. The van der Waals surface area contributed by atoms with Crippen molar-refractivity contribution in [2.45, 2.75) is 45.9 Å². The standard InChI is InChI=1S/C25H28N2O5/c1-16(2)14-21(27-23(29)19-12-8-9-13-20(19)24(27)30)25(31)32-17(3)22(28)26(4)15-18-10-6-5-7-11-18/h5-13,16-17,21H,14-15H2,1-4H3. The number of amides is 3. The predicted molar refractivity (Wildman–Crippen MR) is 119 cm³/mol. The van der Waals surface area contributed by atoms with Crippen LogP contribution in [0.15, 0.2) is 54.6 Å². The summed E-state index contributed by atoms with van der Waals surface area (Å²) in [6.45, 7) is 5.65. The molecule has 168 valence electrons. The van der Waals surface area contributed by atoms with Crippen LogP contribution in [-0.2, 0) is 20.9 Å². The highest BCUT2D eigenvalue weighted by Gasteiger charge is 2.44. The smallest absolute Gasteiger partial charge is 0.330 e. The Labute approximate surface area is 188 Å². The number of fused-ring (bicyclic) bond motifs is 1. The SMILES string of the molecule is CC(C)CC(C(=O)OC(C)C(=O)N(C)Cc1ccccc1)N1C(=O)c2ccccc2C1=O. The highest BCUT2D eigenvalue weighted by atomic mass is 16.5. The number of imide groups is 1. The fraction of sp³-hybridized carbons (Fsp3) is 0.360. The third-order valence-corrected chi connectivity index (χ3v) is 5.38. The summed E-state index contributed by atoms with van der Waals surface area (Å²) in [5.41, 5.74) is 1.49. The van der Waals surface area contributed by atoms with Crippen molar-refractivity contribution in [2.24, 2.45) is 5.92 Å². The van der Waals surface area contributed by atoms with E-state index in [1.807, 2.05) is 44.2 Å². The van der Waals surface area contributed by atoms with Crippen LogP contribution in [0.25, 0.3) is 0 Å². The number of carbonyl (C=O) groups is 4. The van der Waals surface area contributed by atoms with E-state index in [1.54, 1.807) is 31.3 Å². The lowest BCUT2D eigenvalue weighted by molar-refractivity contribution is -0.162. The molecule has 0 radical (unpaired) electrons. The van der Waals surface area contributed by atoms with Crippen molar-refractivity contribution in [1.29, 1.82) is 0 Å². The number of esters is 1. The van der Waals surface area contributed by atoms with Crippen LogP contribution in [0, 0.1) is 5.92 Å². The summed E-state index contributed by atoms with van der Waals surface area (Å²) in [4.78, 5) is 54.0. The lowest BCUT2D eigenvalue weighted by Gasteiger charge is -2.28. The topological polar surface area (TPSA) is 84.0 Å². The molecule has 0 bridgehead atoms. The van der Waals surface area contributed by atoms with Gasteiger partial charge in [0.2, 0.25) is 0 Å². The van der Waals surface area contributed by atoms with Crippen molar-refractivity contribution < 1.29 is 23.9 Å². The molecular weight excluding hydrogens is 408 g/mol. The van der Waals surface area contributed by atoms with E-state index in [9.17, 15) is 19.2 Å². The second-order valence-corrected chi connectivity index (χ2v) is 8.43. The van der Waals surface area contributed by atoms with Gasteiger partial charge in [0.05, 0.1) is 11.1 Å². The van der Waals surface area contributed by atoms with E-state index >= 15 is 0 Å². The Hall–Kier alpha value is -3.48. The Balaban J connectivity index is 1.73. The molecule has 2 aromatic rings. The largest absolute Gasteiger partial charge is 0.451 e. The number of nitrogens with zero attached hydrogens (tertiary/aromatic N) is 2. The number of benzene rings is 2. The monoisotopic (exact) mass is 436 g/mol. The summed E-state index contributed by atoms with van der Waals surface area (Å²) in [6, 6.07) is 14.9. The zero-order valence-electron chi connectivity index (χ0n) is 18.8. The van der Waals surface area contributed by atoms with E-state index in [1.165, 1.54) is 11.8 Å². The molecule has 0 N–H and O–H groups in total. The van der Waals surface area contributed by atoms with E-state index < -0.39 is 29.9 Å². The van der Waals surface area contributed by atoms with Gasteiger partial charge < -0.3 is 9.64 Å². The van der Waals surface area contributed by atoms with Crippen LogP contribution in [0.5, 0.6) is 0 Å². The molecule has 1 heterocycles. The van der Waals surface area contributed by atoms with Crippen LogP contribution >= 0.6 is 0 Å². The van der Waals surface area contributed by atoms with Crippen molar-refractivity contribution in [1.82, 2.24) is 9.80 Å². The number of ether oxygens (including phenoxy) is 1. The van der Waals surface area contributed by atoms with Crippen LogP contribution in [-0.4, -0.2) is 52.7 Å². The number of hydrogen-bond acceptors (Lipinski definition) is 5. The molecule has 2 aromatic carbocycles. The van der Waals surface area contributed by atoms with E-state index in [-0.39, 0.29) is 29.4 Å². The number of likely N-dealkylation sites (N-methyl/N-ethyl adjacent to an activating group) is 1. The molecule has 7 nitrogen and oxygen atoms in total. The summed E-state index contributed by atoms with van der Waals surface area (Å²) < 4.78 is 5.47. The molecule has 0 saturated heterocycles. The number of rotatable bonds is 8. The predicted octanol–water partition coefficient (Wildman–Crippen LogP) is 3.29. The molecule has 7 heteroatoms. The van der Waals surface area contributed by atoms with E-state index in [4.69, 9.17) is 4.74 Å². The maximum absolute atomic E-state index is 13.1. The van der Waals surface area contributed by atoms with Crippen LogP contribution in [0.1, 0.15) is 53.5 Å². The molecule has 3 rings (SSSR count). The van der Waals surface area contributed by atoms with Crippen molar-refractivity contribution in [3.05, 3.63) is 71.3 Å². The van der Waals surface area contributed by atoms with Crippen LogP contribution in [0.4, 0.5) is 0 Å². The molecule has 32 heavy (non-hydrogen) atoms. The van der Waals surface area contributed by atoms with E-state index in [0.29, 0.717) is 6.54 Å². The van der Waals surface area contributed by atoms with Gasteiger partial charge in [-0.15, -0.1) is 0 Å². The Morgan fingerprint density at radius 1 is 0.906 bits per heavy atom. The minimum atomic E-state index is -1.10. The van der Waals surface area contributed by atoms with Gasteiger partial charge in [-0.1, -0.05) is 56.3 Å². The third kappa shape index (κ3) is 4.88. The molecule has 3 amide bonds. The maximum Gasteiger partial charge on any atom is 0.330 e. The minimum absolute atomic E-state index is 0.0172. The summed E-state index contributed by atoms with van der Waals surface area (Å²) in [7, 11) is 1.63. The van der Waals surface area contributed by atoms with E-state index in [2.05, 4.69) is 0 Å². The van der Waals surface area contributed by atoms with Gasteiger partial charge in [0.25, 0.3) is 17.7 Å². The van der Waals surface area contributed by atoms with Gasteiger partial charge >= 0.3 is 5.97 Å². The van der Waals surface area contributed by atoms with Crippen molar-refractivity contribution >= 4 is 23.7 Å². The van der Waals surface area contributed by atoms with Gasteiger partial charge in [-0.2, -0.15) is 0 Å². The molecule has 0 spiro atoms. The second kappa shape index (κ2) is 9.77. The third-order valence-electron chi connectivity index (χ3n) is 5.38. The highest BCUT2D eigenvalue weighted by molar-refractivity contribution is 6.22. The lowest BCUT2D eigenvalue weighted by Crippen LogP contribution is -2.48. The molecule has 0 aliphatic carbocycles. The first-order valence-corrected chi connectivity index (χ1v) is 10.7. The summed E-state index contributed by atoms with van der Waals surface area (Å²) >= 11 is 0. The van der Waals surface area contributed by atoms with Gasteiger partial charge in [0.15, 0.2) is 6.10 Å². The van der Waals surface area contributed by atoms with Gasteiger partial charge in [-0.3, -0.25) is 19.3 Å². The number of carbonyl (C=O) groups excluding carboxylic acids is 4. The van der Waals surface area contributed by atoms with Gasteiger partial charge in [-0.05, 0) is 37.0 Å². The van der Waals surface area contributed by atoms with Crippen molar-refractivity contribution in [3.63, 3.8) is 0 Å². The molecular formula is C25H28N2O5. The summed E-state index contributed by atoms with van der Waals surface area (Å²) in [6.07, 6.45) is -0.813. The first-order valence-electron chi connectivity index (χ1n) is 10.7. The summed E-state index contributed by atoms with van der Waals surface area (Å²) in [5, 5.41) is 0. The molecule has 1 aliphatic rings. The van der Waals surface area contributed by atoms with E-state index in [0.717, 1.165) is 10.5 Å². The molecule has 0 aromatic heterocycles. The van der Waals surface area contributed by atoms with Gasteiger partial charge in [0.1, 0.15) is 6.04 Å². The Morgan fingerprint density at radius 2 is 1.44 bits per heavy atom. The van der Waals surface area contributed by atoms with Gasteiger partial charge in [0, 0.05) is 13.6 Å². The second-order valence-electron chi connectivity index (χ2n) is 8.43. The normalized spacial score (nSPS) is 14.8. The first kappa shape index (κ1) is 23.2. The van der Waals surface area contributed by atoms with Crippen LogP contribution in [0.2, 0.25) is 0 Å². The fourth-order valence-corrected chi connectivity index (χ4v) is 3.79. The fourth-order valence-electron chi connectivity index (χ4n) is 3.79. The summed E-state index contributed by atoms with van der Waals surface area (Å²) in [5.74, 6) is -2.15. The van der Waals surface area contributed by atoms with Gasteiger partial charge in [-0.25, -0.2) is 4.79 Å².